The lowest BCUT2D eigenvalue weighted by atomic mass is 9.97. The summed E-state index contributed by atoms with van der Waals surface area (Å²) in [5, 5.41) is 0.785. The van der Waals surface area contributed by atoms with Gasteiger partial charge in [0.25, 0.3) is 5.91 Å². The summed E-state index contributed by atoms with van der Waals surface area (Å²) in [5.74, 6) is 0.581. The van der Waals surface area contributed by atoms with E-state index < -0.39 is 0 Å². The molecule has 0 bridgehead atoms. The van der Waals surface area contributed by atoms with Gasteiger partial charge in [-0.1, -0.05) is 23.7 Å². The van der Waals surface area contributed by atoms with Crippen LogP contribution in [-0.2, 0) is 6.42 Å². The molecule has 0 spiro atoms. The Bertz CT molecular complexity index is 745. The molecule has 0 aliphatic carbocycles. The fourth-order valence-electron chi connectivity index (χ4n) is 3.73. The van der Waals surface area contributed by atoms with E-state index in [1.165, 1.54) is 18.4 Å². The number of halogens is 1. The van der Waals surface area contributed by atoms with Crippen molar-refractivity contribution in [2.75, 3.05) is 33.2 Å². The minimum absolute atomic E-state index is 0.0563. The van der Waals surface area contributed by atoms with Gasteiger partial charge in [-0.15, -0.1) is 0 Å². The van der Waals surface area contributed by atoms with Crippen molar-refractivity contribution in [1.29, 1.82) is 0 Å². The van der Waals surface area contributed by atoms with Crippen LogP contribution in [0.3, 0.4) is 0 Å². The van der Waals surface area contributed by atoms with Gasteiger partial charge in [0.15, 0.2) is 0 Å². The molecule has 1 fully saturated rings. The Morgan fingerprint density at radius 3 is 2.74 bits per heavy atom. The Hall–Kier alpha value is -1.91. The van der Waals surface area contributed by atoms with Crippen molar-refractivity contribution in [2.45, 2.75) is 26.2 Å². The van der Waals surface area contributed by atoms with Crippen molar-refractivity contribution in [3.05, 3.63) is 64.4 Å². The minimum atomic E-state index is 0.0563. The van der Waals surface area contributed by atoms with Crippen LogP contribution in [0.1, 0.15) is 34.5 Å². The van der Waals surface area contributed by atoms with Crippen molar-refractivity contribution in [3.63, 3.8) is 0 Å². The molecule has 2 heterocycles. The number of piperidine rings is 1. The van der Waals surface area contributed by atoms with Crippen LogP contribution in [0.25, 0.3) is 0 Å². The van der Waals surface area contributed by atoms with Crippen LogP contribution in [-0.4, -0.2) is 53.9 Å². The first-order valence-corrected chi connectivity index (χ1v) is 10.0. The molecule has 5 heteroatoms. The van der Waals surface area contributed by atoms with Crippen LogP contribution in [0, 0.1) is 12.8 Å². The van der Waals surface area contributed by atoms with Crippen molar-refractivity contribution in [3.8, 4) is 0 Å². The number of benzene rings is 1. The highest BCUT2D eigenvalue weighted by molar-refractivity contribution is 6.30. The molecule has 1 aliphatic rings. The Labute approximate surface area is 167 Å². The number of hydrogen-bond donors (Lipinski definition) is 0. The summed E-state index contributed by atoms with van der Waals surface area (Å²) in [5.41, 5.74) is 2.91. The Morgan fingerprint density at radius 1 is 1.26 bits per heavy atom. The Morgan fingerprint density at radius 2 is 2.04 bits per heavy atom. The fraction of sp³-hybridized carbons (Fsp3) is 0.455. The number of rotatable bonds is 6. The van der Waals surface area contributed by atoms with Crippen LogP contribution in [0.15, 0.2) is 42.6 Å². The van der Waals surface area contributed by atoms with Crippen LogP contribution in [0.5, 0.6) is 0 Å². The topological polar surface area (TPSA) is 36.4 Å². The highest BCUT2D eigenvalue weighted by Gasteiger charge is 2.23. The molecule has 1 saturated heterocycles. The zero-order chi connectivity index (χ0) is 19.2. The molecule has 1 atom stereocenters. The summed E-state index contributed by atoms with van der Waals surface area (Å²) in [6.07, 6.45) is 5.09. The first-order chi connectivity index (χ1) is 13.0. The van der Waals surface area contributed by atoms with Gasteiger partial charge in [-0.25, -0.2) is 0 Å². The third-order valence-corrected chi connectivity index (χ3v) is 5.52. The molecule has 4 nitrogen and oxygen atoms in total. The normalized spacial score (nSPS) is 17.7. The molecule has 0 saturated carbocycles. The van der Waals surface area contributed by atoms with Crippen molar-refractivity contribution in [1.82, 2.24) is 14.8 Å². The number of pyridine rings is 1. The van der Waals surface area contributed by atoms with E-state index in [9.17, 15) is 4.79 Å². The van der Waals surface area contributed by atoms with Crippen molar-refractivity contribution >= 4 is 17.5 Å². The van der Waals surface area contributed by atoms with E-state index >= 15 is 0 Å². The molecule has 1 aromatic heterocycles. The largest absolute Gasteiger partial charge is 0.341 e. The lowest BCUT2D eigenvalue weighted by Crippen LogP contribution is -2.42. The number of nitrogens with zero attached hydrogens (tertiary/aromatic N) is 3. The third-order valence-electron chi connectivity index (χ3n) is 5.27. The van der Waals surface area contributed by atoms with Gasteiger partial charge < -0.3 is 9.80 Å². The summed E-state index contributed by atoms with van der Waals surface area (Å²) in [4.78, 5) is 21.2. The summed E-state index contributed by atoms with van der Waals surface area (Å²) in [6, 6.07) is 11.9. The summed E-state index contributed by atoms with van der Waals surface area (Å²) < 4.78 is 0. The number of aryl methyl sites for hydroxylation is 1. The van der Waals surface area contributed by atoms with Crippen LogP contribution in [0.4, 0.5) is 0 Å². The van der Waals surface area contributed by atoms with E-state index in [-0.39, 0.29) is 5.91 Å². The van der Waals surface area contributed by atoms with Crippen LogP contribution < -0.4 is 0 Å². The number of hydrogen-bond acceptors (Lipinski definition) is 3. The van der Waals surface area contributed by atoms with E-state index in [4.69, 9.17) is 11.6 Å². The van der Waals surface area contributed by atoms with E-state index in [2.05, 4.69) is 22.0 Å². The quantitative estimate of drug-likeness (QED) is 0.752. The van der Waals surface area contributed by atoms with Crippen LogP contribution in [0.2, 0.25) is 5.02 Å². The maximum absolute atomic E-state index is 12.6. The predicted octanol–water partition coefficient (Wildman–Crippen LogP) is 4.07. The van der Waals surface area contributed by atoms with Gasteiger partial charge in [0, 0.05) is 43.6 Å². The molecular formula is C22H28ClN3O. The van der Waals surface area contributed by atoms with Gasteiger partial charge >= 0.3 is 0 Å². The van der Waals surface area contributed by atoms with Gasteiger partial charge in [0.1, 0.15) is 0 Å². The summed E-state index contributed by atoms with van der Waals surface area (Å²) >= 11 is 5.96. The van der Waals surface area contributed by atoms with E-state index in [1.54, 1.807) is 6.20 Å². The molecular weight excluding hydrogens is 358 g/mol. The van der Waals surface area contributed by atoms with Gasteiger partial charge in [-0.2, -0.15) is 0 Å². The Kier molecular flexibility index (Phi) is 6.86. The third kappa shape index (κ3) is 5.78. The number of carbonyl (C=O) groups is 1. The monoisotopic (exact) mass is 385 g/mol. The molecule has 144 valence electrons. The number of amides is 1. The van der Waals surface area contributed by atoms with Crippen molar-refractivity contribution < 1.29 is 4.79 Å². The second-order valence-corrected chi connectivity index (χ2v) is 8.00. The smallest absolute Gasteiger partial charge is 0.255 e. The predicted molar refractivity (Wildman–Crippen MR) is 110 cm³/mol. The molecule has 0 radical (unpaired) electrons. The highest BCUT2D eigenvalue weighted by Crippen LogP contribution is 2.19. The standard InChI is InChI=1S/C22H28ClN3O/c1-17-5-8-20(14-24-17)22(27)25(2)15-19-4-3-12-26(16-19)13-11-18-6-9-21(23)10-7-18/h5-10,14,19H,3-4,11-13,15-16H2,1-2H3/t19-/m0/s1. The van der Waals surface area contributed by atoms with E-state index in [1.807, 2.05) is 43.1 Å². The molecule has 0 N–H and O–H groups in total. The first kappa shape index (κ1) is 19.8. The first-order valence-electron chi connectivity index (χ1n) is 9.66. The molecule has 1 amide bonds. The zero-order valence-corrected chi connectivity index (χ0v) is 17.0. The second kappa shape index (κ2) is 9.34. The van der Waals surface area contributed by atoms with Crippen molar-refractivity contribution in [2.24, 2.45) is 5.92 Å². The SMILES string of the molecule is Cc1ccc(C(=O)N(C)C[C@@H]2CCCN(CCc3ccc(Cl)cc3)C2)cn1. The molecule has 2 aromatic rings. The Balaban J connectivity index is 1.49. The minimum Gasteiger partial charge on any atom is -0.341 e. The van der Waals surface area contributed by atoms with Gasteiger partial charge in [0.2, 0.25) is 0 Å². The molecule has 0 unspecified atom stereocenters. The molecule has 1 aliphatic heterocycles. The molecule has 1 aromatic carbocycles. The van der Waals surface area contributed by atoms with Gasteiger partial charge in [-0.3, -0.25) is 9.78 Å². The van der Waals surface area contributed by atoms with E-state index in [0.29, 0.717) is 11.5 Å². The highest BCUT2D eigenvalue weighted by atomic mass is 35.5. The average Bonchev–Trinajstić information content (AvgIpc) is 2.68. The number of aromatic nitrogens is 1. The summed E-state index contributed by atoms with van der Waals surface area (Å²) in [6.45, 7) is 5.97. The van der Waals surface area contributed by atoms with Gasteiger partial charge in [-0.05, 0) is 68.5 Å². The lowest BCUT2D eigenvalue weighted by molar-refractivity contribution is 0.0730. The maximum Gasteiger partial charge on any atom is 0.255 e. The number of likely N-dealkylation sites (tertiary alicyclic amines) is 1. The number of carbonyl (C=O) groups excluding carboxylic acids is 1. The molecule has 3 rings (SSSR count). The molecule has 27 heavy (non-hydrogen) atoms. The maximum atomic E-state index is 12.6. The average molecular weight is 386 g/mol. The fourth-order valence-corrected chi connectivity index (χ4v) is 3.85. The summed E-state index contributed by atoms with van der Waals surface area (Å²) in [7, 11) is 1.90. The second-order valence-electron chi connectivity index (χ2n) is 7.56. The van der Waals surface area contributed by atoms with Crippen LogP contribution >= 0.6 is 11.6 Å². The lowest BCUT2D eigenvalue weighted by Gasteiger charge is -2.34. The van der Waals surface area contributed by atoms with Gasteiger partial charge in [0.05, 0.1) is 5.56 Å². The van der Waals surface area contributed by atoms with E-state index in [0.717, 1.165) is 43.3 Å². The zero-order valence-electron chi connectivity index (χ0n) is 16.2.